The Hall–Kier alpha value is 0.570. The maximum atomic E-state index is 10.8. The number of rotatable bonds is 1. The lowest BCUT2D eigenvalue weighted by atomic mass is 10.4. The molecule has 0 fully saturated rings. The summed E-state index contributed by atoms with van der Waals surface area (Å²) in [6, 6.07) is 3.89. The number of hydrogen-bond donors (Lipinski definition) is 0. The van der Waals surface area contributed by atoms with Crippen molar-refractivity contribution >= 4 is 72.6 Å². The molecule has 1 aromatic rings. The van der Waals surface area contributed by atoms with Crippen molar-refractivity contribution in [1.82, 2.24) is 0 Å². The van der Waals surface area contributed by atoms with Crippen LogP contribution in [0.3, 0.4) is 0 Å². The van der Waals surface area contributed by atoms with Gasteiger partial charge in [0.2, 0.25) is 0 Å². The fraction of sp³-hybridized carbons (Fsp3) is 0. The van der Waals surface area contributed by atoms with Crippen LogP contribution in [0.1, 0.15) is 0 Å². The predicted octanol–water partition coefficient (Wildman–Crippen LogP) is 3.63. The molecule has 0 aliphatic carbocycles. The minimum atomic E-state index is -3.74. The minimum Gasteiger partial charge on any atom is -0.207 e. The molecular weight excluding hydrogens is 377 g/mol. The summed E-state index contributed by atoms with van der Waals surface area (Å²) in [4.78, 5) is -0.0957. The summed E-state index contributed by atoms with van der Waals surface area (Å²) in [5.74, 6) is 0. The molecule has 0 heterocycles. The predicted molar refractivity (Wildman–Crippen MR) is 70.1 cm³/mol. The van der Waals surface area contributed by atoms with Crippen molar-refractivity contribution in [2.24, 2.45) is 0 Å². The van der Waals surface area contributed by atoms with Gasteiger partial charge in [0.1, 0.15) is 0 Å². The van der Waals surface area contributed by atoms with Gasteiger partial charge in [-0.1, -0.05) is 23.2 Å². The molecule has 0 unspecified atom stereocenters. The molecule has 0 saturated heterocycles. The topological polar surface area (TPSA) is 68.3 Å². The molecule has 1 aromatic carbocycles. The zero-order chi connectivity index (χ0) is 13.9. The van der Waals surface area contributed by atoms with Gasteiger partial charge in [-0.25, -0.2) is 8.42 Å². The Bertz CT molecular complexity index is 567. The first-order valence-electron chi connectivity index (χ1n) is 3.44. The standard InChI is InChI=1S/C6H3Cl3O2S.Cl2O2S/c7-4-1-5(8)3-6(2-4)12(9,10)11;1-5(2,3)4/h1-3H;. The van der Waals surface area contributed by atoms with Crippen LogP contribution in [0.15, 0.2) is 23.1 Å². The molecule has 0 N–H and O–H groups in total. The molecule has 0 atom stereocenters. The zero-order valence-corrected chi connectivity index (χ0v) is 13.0. The largest absolute Gasteiger partial charge is 0.317 e. The molecule has 0 saturated carbocycles. The summed E-state index contributed by atoms with van der Waals surface area (Å²) in [5.41, 5.74) is 0. The third-order valence-corrected chi connectivity index (χ3v) is 2.89. The molecule has 4 nitrogen and oxygen atoms in total. The lowest BCUT2D eigenvalue weighted by Gasteiger charge is -1.97. The van der Waals surface area contributed by atoms with Gasteiger partial charge in [-0.15, -0.1) is 0 Å². The summed E-state index contributed by atoms with van der Waals surface area (Å²) in [7, 11) is 6.13. The van der Waals surface area contributed by atoms with Crippen LogP contribution in [0.4, 0.5) is 0 Å². The number of halogens is 5. The fourth-order valence-corrected chi connectivity index (χ4v) is 2.13. The summed E-state index contributed by atoms with van der Waals surface area (Å²) >= 11 is 11.1. The highest BCUT2D eigenvalue weighted by Gasteiger charge is 2.11. The van der Waals surface area contributed by atoms with Gasteiger partial charge in [0, 0.05) is 42.1 Å². The van der Waals surface area contributed by atoms with Gasteiger partial charge in [-0.2, -0.15) is 8.42 Å². The maximum absolute atomic E-state index is 10.8. The molecule has 1 rings (SSSR count). The van der Waals surface area contributed by atoms with Gasteiger partial charge < -0.3 is 0 Å². The normalized spacial score (nSPS) is 11.6. The third kappa shape index (κ3) is 10.2. The van der Waals surface area contributed by atoms with Gasteiger partial charge in [-0.3, -0.25) is 0 Å². The van der Waals surface area contributed by atoms with Crippen LogP contribution in [0.2, 0.25) is 10.0 Å². The highest BCUT2D eigenvalue weighted by atomic mass is 36.0. The molecule has 0 aliphatic heterocycles. The molecule has 0 spiro atoms. The van der Waals surface area contributed by atoms with Gasteiger partial charge >= 0.3 is 8.26 Å². The third-order valence-electron chi connectivity index (χ3n) is 1.12. The smallest absolute Gasteiger partial charge is 0.207 e. The van der Waals surface area contributed by atoms with E-state index < -0.39 is 17.3 Å². The molecule has 0 aliphatic rings. The van der Waals surface area contributed by atoms with Crippen LogP contribution in [0, 0.1) is 0 Å². The fourth-order valence-electron chi connectivity index (χ4n) is 0.669. The zero-order valence-electron chi connectivity index (χ0n) is 7.57. The second-order valence-corrected chi connectivity index (χ2v) is 9.53. The van der Waals surface area contributed by atoms with Crippen molar-refractivity contribution in [1.29, 1.82) is 0 Å². The quantitative estimate of drug-likeness (QED) is 0.698. The van der Waals surface area contributed by atoms with E-state index in [1.54, 1.807) is 0 Å². The minimum absolute atomic E-state index is 0.0957. The van der Waals surface area contributed by atoms with Gasteiger partial charge in [-0.05, 0) is 18.2 Å². The van der Waals surface area contributed by atoms with E-state index in [9.17, 15) is 8.42 Å². The Morgan fingerprint density at radius 2 is 1.06 bits per heavy atom. The van der Waals surface area contributed by atoms with E-state index in [1.807, 2.05) is 0 Å². The Morgan fingerprint density at radius 1 is 0.765 bits per heavy atom. The summed E-state index contributed by atoms with van der Waals surface area (Å²) in [6.45, 7) is 0. The molecule has 0 amide bonds. The molecule has 0 bridgehead atoms. The van der Waals surface area contributed by atoms with Crippen LogP contribution in [0.5, 0.6) is 0 Å². The molecule has 17 heavy (non-hydrogen) atoms. The van der Waals surface area contributed by atoms with Crippen LogP contribution in [0.25, 0.3) is 0 Å². The Labute approximate surface area is 122 Å². The lowest BCUT2D eigenvalue weighted by molar-refractivity contribution is 0.609. The van der Waals surface area contributed by atoms with E-state index in [1.165, 1.54) is 18.2 Å². The average Bonchev–Trinajstić information content (AvgIpc) is 1.96. The first-order valence-corrected chi connectivity index (χ1v) is 9.64. The summed E-state index contributed by atoms with van der Waals surface area (Å²) in [6.07, 6.45) is 0. The maximum Gasteiger partial charge on any atom is 0.317 e. The second kappa shape index (κ2) is 6.65. The highest BCUT2D eigenvalue weighted by molar-refractivity contribution is 8.31. The average molecular weight is 380 g/mol. The van der Waals surface area contributed by atoms with Gasteiger partial charge in [0.25, 0.3) is 9.05 Å². The molecule has 0 radical (unpaired) electrons. The van der Waals surface area contributed by atoms with E-state index in [0.717, 1.165) is 0 Å². The SMILES string of the molecule is O=S(=O)(Cl)Cl.O=S(=O)(Cl)c1cc(Cl)cc(Cl)c1. The summed E-state index contributed by atoms with van der Waals surface area (Å²) in [5, 5.41) is 0.475. The van der Waals surface area contributed by atoms with Crippen molar-refractivity contribution in [2.75, 3.05) is 0 Å². The van der Waals surface area contributed by atoms with E-state index in [0.29, 0.717) is 0 Å². The van der Waals surface area contributed by atoms with Crippen molar-refractivity contribution in [3.63, 3.8) is 0 Å². The van der Waals surface area contributed by atoms with Gasteiger partial charge in [0.15, 0.2) is 0 Å². The van der Waals surface area contributed by atoms with E-state index >= 15 is 0 Å². The summed E-state index contributed by atoms with van der Waals surface area (Å²) < 4.78 is 39.9. The van der Waals surface area contributed by atoms with Crippen LogP contribution < -0.4 is 0 Å². The van der Waals surface area contributed by atoms with Crippen LogP contribution in [-0.4, -0.2) is 16.8 Å². The van der Waals surface area contributed by atoms with Crippen molar-refractivity contribution in [2.45, 2.75) is 4.90 Å². The van der Waals surface area contributed by atoms with E-state index in [-0.39, 0.29) is 14.9 Å². The Morgan fingerprint density at radius 3 is 1.29 bits per heavy atom. The number of benzene rings is 1. The molecular formula is C6H3Cl5O4S2. The Balaban J connectivity index is 0.000000437. The van der Waals surface area contributed by atoms with Crippen LogP contribution >= 0.6 is 55.2 Å². The van der Waals surface area contributed by atoms with Crippen molar-refractivity contribution < 1.29 is 16.8 Å². The molecule has 0 aromatic heterocycles. The first-order chi connectivity index (χ1) is 7.39. The highest BCUT2D eigenvalue weighted by Crippen LogP contribution is 2.24. The number of hydrogen-bond acceptors (Lipinski definition) is 4. The van der Waals surface area contributed by atoms with Crippen LogP contribution in [-0.2, 0) is 17.3 Å². The van der Waals surface area contributed by atoms with E-state index in [2.05, 4.69) is 21.4 Å². The second-order valence-electron chi connectivity index (χ2n) is 2.42. The Kier molecular flexibility index (Phi) is 6.88. The van der Waals surface area contributed by atoms with E-state index in [4.69, 9.17) is 42.3 Å². The molecule has 11 heteroatoms. The lowest BCUT2D eigenvalue weighted by Crippen LogP contribution is -1.89. The van der Waals surface area contributed by atoms with Gasteiger partial charge in [0.05, 0.1) is 4.90 Å². The molecule has 98 valence electrons. The van der Waals surface area contributed by atoms with Crippen molar-refractivity contribution in [3.05, 3.63) is 28.2 Å². The van der Waals surface area contributed by atoms with Crippen molar-refractivity contribution in [3.8, 4) is 0 Å². The first kappa shape index (κ1) is 17.6. The monoisotopic (exact) mass is 378 g/mol.